The van der Waals surface area contributed by atoms with Gasteiger partial charge in [-0.05, 0) is 35.4 Å². The van der Waals surface area contributed by atoms with Crippen LogP contribution in [0.1, 0.15) is 11.1 Å². The first-order chi connectivity index (χ1) is 14.9. The van der Waals surface area contributed by atoms with Crippen molar-refractivity contribution in [2.45, 2.75) is 12.1 Å². The van der Waals surface area contributed by atoms with E-state index < -0.39 is 23.4 Å². The smallest absolute Gasteiger partial charge is 0.343 e. The number of ether oxygens (including phenoxy) is 2. The Kier molecular flexibility index (Phi) is 6.91. The zero-order chi connectivity index (χ0) is 22.4. The van der Waals surface area contributed by atoms with Crippen LogP contribution in [-0.2, 0) is 31.2 Å². The second-order valence-electron chi connectivity index (χ2n) is 6.84. The predicted molar refractivity (Wildman–Crippen MR) is 113 cm³/mol. The SMILES string of the molecule is COC(=O)COc1cccc(CN(C=O)CC2(c3ccc(Br)cc3)NC(=O)NC2=O)c1. The second kappa shape index (κ2) is 9.61. The zero-order valence-corrected chi connectivity index (χ0v) is 18.2. The largest absolute Gasteiger partial charge is 0.482 e. The molecule has 2 aromatic carbocycles. The van der Waals surface area contributed by atoms with E-state index in [1.54, 1.807) is 48.5 Å². The minimum absolute atomic E-state index is 0.0804. The van der Waals surface area contributed by atoms with Crippen LogP contribution in [-0.4, -0.2) is 49.5 Å². The van der Waals surface area contributed by atoms with Crippen LogP contribution in [0.3, 0.4) is 0 Å². The third-order valence-corrected chi connectivity index (χ3v) is 5.27. The van der Waals surface area contributed by atoms with E-state index in [-0.39, 0.29) is 19.7 Å². The van der Waals surface area contributed by atoms with Gasteiger partial charge in [0.05, 0.1) is 13.7 Å². The van der Waals surface area contributed by atoms with E-state index in [1.165, 1.54) is 12.0 Å². The number of carbonyl (C=O) groups is 4. The molecular weight excluding hydrogens is 470 g/mol. The fourth-order valence-corrected chi connectivity index (χ4v) is 3.50. The number of imide groups is 1. The molecule has 0 aliphatic carbocycles. The van der Waals surface area contributed by atoms with Gasteiger partial charge in [-0.15, -0.1) is 0 Å². The third-order valence-electron chi connectivity index (χ3n) is 4.74. The molecule has 1 aliphatic heterocycles. The molecule has 31 heavy (non-hydrogen) atoms. The van der Waals surface area contributed by atoms with Gasteiger partial charge in [0.25, 0.3) is 5.91 Å². The number of hydrogen-bond donors (Lipinski definition) is 2. The van der Waals surface area contributed by atoms with E-state index in [2.05, 4.69) is 31.3 Å². The van der Waals surface area contributed by atoms with Gasteiger partial charge in [-0.2, -0.15) is 0 Å². The number of methoxy groups -OCH3 is 1. The van der Waals surface area contributed by atoms with Crippen molar-refractivity contribution in [1.29, 1.82) is 0 Å². The number of hydrogen-bond acceptors (Lipinski definition) is 6. The summed E-state index contributed by atoms with van der Waals surface area (Å²) in [6.07, 6.45) is 0.611. The average Bonchev–Trinajstić information content (AvgIpc) is 3.05. The van der Waals surface area contributed by atoms with Gasteiger partial charge >= 0.3 is 12.0 Å². The number of rotatable bonds is 9. The van der Waals surface area contributed by atoms with E-state index in [9.17, 15) is 19.2 Å². The topological polar surface area (TPSA) is 114 Å². The van der Waals surface area contributed by atoms with Crippen LogP contribution in [0.2, 0.25) is 0 Å². The summed E-state index contributed by atoms with van der Waals surface area (Å²) in [6.45, 7) is -0.167. The van der Waals surface area contributed by atoms with E-state index in [4.69, 9.17) is 4.74 Å². The summed E-state index contributed by atoms with van der Waals surface area (Å²) in [4.78, 5) is 49.1. The first kappa shape index (κ1) is 22.3. The van der Waals surface area contributed by atoms with Crippen molar-refractivity contribution in [3.8, 4) is 5.75 Å². The molecule has 1 atom stereocenters. The summed E-state index contributed by atoms with van der Waals surface area (Å²) in [5, 5.41) is 4.91. The lowest BCUT2D eigenvalue weighted by molar-refractivity contribution is -0.143. The molecule has 2 N–H and O–H groups in total. The molecule has 3 rings (SSSR count). The Morgan fingerprint density at radius 1 is 1.19 bits per heavy atom. The van der Waals surface area contributed by atoms with Crippen LogP contribution in [0.4, 0.5) is 4.79 Å². The number of nitrogens with zero attached hydrogens (tertiary/aromatic N) is 1. The summed E-state index contributed by atoms with van der Waals surface area (Å²) in [5.41, 5.74) is -0.163. The molecule has 0 saturated carbocycles. The predicted octanol–water partition coefficient (Wildman–Crippen LogP) is 1.69. The maximum Gasteiger partial charge on any atom is 0.343 e. The number of carbonyl (C=O) groups excluding carboxylic acids is 4. The summed E-state index contributed by atoms with van der Waals surface area (Å²) < 4.78 is 10.7. The first-order valence-electron chi connectivity index (χ1n) is 9.24. The fourth-order valence-electron chi connectivity index (χ4n) is 3.24. The maximum atomic E-state index is 12.7. The van der Waals surface area contributed by atoms with E-state index >= 15 is 0 Å². The highest BCUT2D eigenvalue weighted by atomic mass is 79.9. The van der Waals surface area contributed by atoms with Gasteiger partial charge in [0.1, 0.15) is 5.75 Å². The van der Waals surface area contributed by atoms with E-state index in [1.807, 2.05) is 0 Å². The van der Waals surface area contributed by atoms with Crippen LogP contribution in [0.5, 0.6) is 5.75 Å². The monoisotopic (exact) mass is 489 g/mol. The van der Waals surface area contributed by atoms with Crippen LogP contribution in [0, 0.1) is 0 Å². The molecule has 1 saturated heterocycles. The van der Waals surface area contributed by atoms with Crippen LogP contribution in [0.25, 0.3) is 0 Å². The van der Waals surface area contributed by atoms with Gasteiger partial charge < -0.3 is 19.7 Å². The average molecular weight is 490 g/mol. The third kappa shape index (κ3) is 5.21. The summed E-state index contributed by atoms with van der Waals surface area (Å²) >= 11 is 3.35. The minimum atomic E-state index is -1.42. The number of halogens is 1. The molecule has 4 amide bonds. The molecular formula is C21H20BrN3O6. The Hall–Kier alpha value is -3.40. The van der Waals surface area contributed by atoms with Crippen LogP contribution in [0.15, 0.2) is 53.0 Å². The Morgan fingerprint density at radius 2 is 1.94 bits per heavy atom. The van der Waals surface area contributed by atoms with Crippen molar-refractivity contribution >= 4 is 40.2 Å². The standard InChI is InChI=1S/C21H20BrN3O6/c1-30-18(27)11-31-17-4-2-3-14(9-17)10-25(13-26)12-21(19(28)23-20(29)24-21)15-5-7-16(22)8-6-15/h2-9,13H,10-12H2,1H3,(H2,23,24,28,29). The highest BCUT2D eigenvalue weighted by molar-refractivity contribution is 9.10. The van der Waals surface area contributed by atoms with Crippen molar-refractivity contribution in [1.82, 2.24) is 15.5 Å². The lowest BCUT2D eigenvalue weighted by Gasteiger charge is -2.31. The van der Waals surface area contributed by atoms with Crippen molar-refractivity contribution in [3.63, 3.8) is 0 Å². The Bertz CT molecular complexity index is 997. The number of amides is 4. The van der Waals surface area contributed by atoms with Crippen LogP contribution >= 0.6 is 15.9 Å². The maximum absolute atomic E-state index is 12.7. The molecule has 0 spiro atoms. The lowest BCUT2D eigenvalue weighted by Crippen LogP contribution is -2.52. The number of esters is 1. The summed E-state index contributed by atoms with van der Waals surface area (Å²) in [6, 6.07) is 13.1. The van der Waals surface area contributed by atoms with Crippen molar-refractivity contribution in [2.24, 2.45) is 0 Å². The highest BCUT2D eigenvalue weighted by Gasteiger charge is 2.48. The molecule has 10 heteroatoms. The van der Waals surface area contributed by atoms with E-state index in [0.717, 1.165) is 4.47 Å². The Balaban J connectivity index is 1.80. The van der Waals surface area contributed by atoms with Gasteiger partial charge in [-0.1, -0.05) is 40.2 Å². The second-order valence-corrected chi connectivity index (χ2v) is 7.76. The van der Waals surface area contributed by atoms with Gasteiger partial charge in [0.15, 0.2) is 12.1 Å². The molecule has 9 nitrogen and oxygen atoms in total. The zero-order valence-electron chi connectivity index (χ0n) is 16.6. The molecule has 2 aromatic rings. The lowest BCUT2D eigenvalue weighted by atomic mass is 9.89. The first-order valence-corrected chi connectivity index (χ1v) is 10.0. The molecule has 1 aliphatic rings. The van der Waals surface area contributed by atoms with Crippen LogP contribution < -0.4 is 15.4 Å². The van der Waals surface area contributed by atoms with Crippen molar-refractivity contribution < 1.29 is 28.7 Å². The van der Waals surface area contributed by atoms with Gasteiger partial charge in [-0.3, -0.25) is 14.9 Å². The van der Waals surface area contributed by atoms with Crippen molar-refractivity contribution in [2.75, 3.05) is 20.3 Å². The molecule has 162 valence electrons. The molecule has 0 bridgehead atoms. The fraction of sp³-hybridized carbons (Fsp3) is 0.238. The Morgan fingerprint density at radius 3 is 2.55 bits per heavy atom. The normalized spacial score (nSPS) is 17.5. The summed E-state index contributed by atoms with van der Waals surface area (Å²) in [7, 11) is 1.27. The number of nitrogens with one attached hydrogen (secondary N) is 2. The quantitative estimate of drug-likeness (QED) is 0.314. The summed E-state index contributed by atoms with van der Waals surface area (Å²) in [5.74, 6) is -0.621. The minimum Gasteiger partial charge on any atom is -0.482 e. The highest BCUT2D eigenvalue weighted by Crippen LogP contribution is 2.28. The molecule has 1 fully saturated rings. The molecule has 0 radical (unpaired) electrons. The number of benzene rings is 2. The number of urea groups is 1. The van der Waals surface area contributed by atoms with Gasteiger partial charge in [-0.25, -0.2) is 9.59 Å². The van der Waals surface area contributed by atoms with Crippen molar-refractivity contribution in [3.05, 3.63) is 64.1 Å². The Labute approximate surface area is 186 Å². The van der Waals surface area contributed by atoms with Gasteiger partial charge in [0.2, 0.25) is 6.41 Å². The molecule has 1 unspecified atom stereocenters. The molecule has 0 aromatic heterocycles. The van der Waals surface area contributed by atoms with Gasteiger partial charge in [0, 0.05) is 11.0 Å². The van der Waals surface area contributed by atoms with E-state index in [0.29, 0.717) is 23.3 Å². The molecule has 1 heterocycles.